The molecule has 5 heteroatoms. The Morgan fingerprint density at radius 3 is 2.62 bits per heavy atom. The molecule has 0 N–H and O–H groups in total. The fraction of sp³-hybridized carbons (Fsp3) is 0.125. The average Bonchev–Trinajstić information content (AvgIpc) is 2.74. The highest BCUT2D eigenvalue weighted by Crippen LogP contribution is 2.13. The molecule has 0 amide bonds. The molecule has 0 unspecified atom stereocenters. The number of hydrogen-bond donors (Lipinski definition) is 0. The smallest absolute Gasteiger partial charge is 0.179 e. The normalized spacial score (nSPS) is 10.2. The largest absolute Gasteiger partial charge is 0.293 e. The van der Waals surface area contributed by atoms with E-state index in [1.165, 1.54) is 22.7 Å². The molecule has 0 radical (unpaired) electrons. The molecule has 2 heterocycles. The van der Waals surface area contributed by atoms with Crippen LogP contribution in [0.3, 0.4) is 0 Å². The third-order valence-corrected chi connectivity index (χ3v) is 3.12. The highest BCUT2D eigenvalue weighted by molar-refractivity contribution is 7.12. The predicted octanol–water partition coefficient (Wildman–Crippen LogP) is 2.03. The highest BCUT2D eigenvalue weighted by atomic mass is 32.1. The Hall–Kier alpha value is -1.07. The van der Waals surface area contributed by atoms with E-state index >= 15 is 0 Å². The van der Waals surface area contributed by atoms with Crippen LogP contribution in [0, 0.1) is 0 Å². The van der Waals surface area contributed by atoms with Crippen LogP contribution in [0.4, 0.5) is 0 Å². The van der Waals surface area contributed by atoms with Crippen molar-refractivity contribution in [2.24, 2.45) is 0 Å². The first-order valence-electron chi connectivity index (χ1n) is 3.65. The summed E-state index contributed by atoms with van der Waals surface area (Å²) in [6.07, 6.45) is 3.77. The van der Waals surface area contributed by atoms with Crippen LogP contribution in [0.1, 0.15) is 14.5 Å². The zero-order chi connectivity index (χ0) is 9.10. The lowest BCUT2D eigenvalue weighted by Gasteiger charge is -1.91. The van der Waals surface area contributed by atoms with E-state index in [0.29, 0.717) is 11.3 Å². The maximum absolute atomic E-state index is 11.5. The molecule has 0 aliphatic rings. The lowest BCUT2D eigenvalue weighted by atomic mass is 10.2. The summed E-state index contributed by atoms with van der Waals surface area (Å²) in [7, 11) is 0. The molecule has 0 atom stereocenters. The van der Waals surface area contributed by atoms with Gasteiger partial charge in [-0.1, -0.05) is 0 Å². The second kappa shape index (κ2) is 3.76. The summed E-state index contributed by atoms with van der Waals surface area (Å²) in [5.41, 5.74) is 3.40. The summed E-state index contributed by atoms with van der Waals surface area (Å²) >= 11 is 2.88. The molecule has 0 aliphatic carbocycles. The van der Waals surface area contributed by atoms with Gasteiger partial charge in [0.05, 0.1) is 15.9 Å². The van der Waals surface area contributed by atoms with Crippen LogP contribution in [0.25, 0.3) is 0 Å². The first kappa shape index (κ1) is 8.52. The quantitative estimate of drug-likeness (QED) is 0.728. The van der Waals surface area contributed by atoms with Gasteiger partial charge in [-0.15, -0.1) is 22.7 Å². The van der Waals surface area contributed by atoms with Crippen molar-refractivity contribution in [1.29, 1.82) is 0 Å². The number of hydrogen-bond acceptors (Lipinski definition) is 5. The average molecular weight is 210 g/mol. The Bertz CT molecular complexity index is 380. The van der Waals surface area contributed by atoms with E-state index in [2.05, 4.69) is 9.97 Å². The second-order valence-electron chi connectivity index (χ2n) is 2.43. The van der Waals surface area contributed by atoms with Crippen LogP contribution in [0.15, 0.2) is 23.4 Å². The van der Waals surface area contributed by atoms with Gasteiger partial charge in [0, 0.05) is 23.7 Å². The number of rotatable bonds is 3. The van der Waals surface area contributed by atoms with Crippen molar-refractivity contribution < 1.29 is 4.79 Å². The Kier molecular flexibility index (Phi) is 2.47. The molecule has 0 fully saturated rings. The molecule has 66 valence electrons. The van der Waals surface area contributed by atoms with Gasteiger partial charge in [-0.05, 0) is 0 Å². The maximum Gasteiger partial charge on any atom is 0.179 e. The van der Waals surface area contributed by atoms with Crippen LogP contribution in [0.5, 0.6) is 0 Å². The number of thiazole rings is 2. The fourth-order valence-corrected chi connectivity index (χ4v) is 2.08. The number of aromatic nitrogens is 2. The summed E-state index contributed by atoms with van der Waals surface area (Å²) in [5.74, 6) is 0.117. The van der Waals surface area contributed by atoms with E-state index in [1.807, 2.05) is 0 Å². The zero-order valence-electron chi connectivity index (χ0n) is 6.64. The molecule has 2 rings (SSSR count). The van der Waals surface area contributed by atoms with Gasteiger partial charge < -0.3 is 0 Å². The summed E-state index contributed by atoms with van der Waals surface area (Å²) in [6, 6.07) is 0. The minimum Gasteiger partial charge on any atom is -0.293 e. The maximum atomic E-state index is 11.5. The van der Waals surface area contributed by atoms with E-state index in [0.717, 1.165) is 4.88 Å². The van der Waals surface area contributed by atoms with Crippen molar-refractivity contribution in [3.63, 3.8) is 0 Å². The first-order valence-corrected chi connectivity index (χ1v) is 5.41. The number of carbonyl (C=O) groups excluding carboxylic acids is 1. The molecule has 0 aliphatic heterocycles. The van der Waals surface area contributed by atoms with Crippen molar-refractivity contribution in [2.75, 3.05) is 0 Å². The molecule has 0 saturated carbocycles. The molecule has 2 aromatic heterocycles. The van der Waals surface area contributed by atoms with E-state index in [9.17, 15) is 4.79 Å². The Morgan fingerprint density at radius 1 is 1.23 bits per heavy atom. The number of carbonyl (C=O) groups is 1. The number of ketones is 1. The van der Waals surface area contributed by atoms with Gasteiger partial charge in [-0.25, -0.2) is 0 Å². The molecule has 0 aromatic carbocycles. The summed E-state index contributed by atoms with van der Waals surface area (Å²) in [6.45, 7) is 0. The third-order valence-electron chi connectivity index (χ3n) is 1.53. The van der Waals surface area contributed by atoms with Crippen molar-refractivity contribution >= 4 is 28.5 Å². The molecule has 0 spiro atoms. The minimum absolute atomic E-state index is 0.117. The molecular formula is C8H6N2OS2. The fourth-order valence-electron chi connectivity index (χ4n) is 0.928. The first-order chi connectivity index (χ1) is 6.36. The topological polar surface area (TPSA) is 42.9 Å². The van der Waals surface area contributed by atoms with Crippen molar-refractivity contribution in [2.45, 2.75) is 6.42 Å². The summed E-state index contributed by atoms with van der Waals surface area (Å²) in [5, 5.41) is 0. The minimum atomic E-state index is 0.117. The summed E-state index contributed by atoms with van der Waals surface area (Å²) in [4.78, 5) is 21.0. The van der Waals surface area contributed by atoms with Gasteiger partial charge in [0.2, 0.25) is 0 Å². The standard InChI is InChI=1S/C8H6N2OS2/c11-7(8-3-10-5-13-8)1-6-2-9-4-12-6/h2-5H,1H2. The van der Waals surface area contributed by atoms with Crippen molar-refractivity contribution in [1.82, 2.24) is 9.97 Å². The summed E-state index contributed by atoms with van der Waals surface area (Å²) < 4.78 is 0. The Morgan fingerprint density at radius 2 is 2.00 bits per heavy atom. The van der Waals surface area contributed by atoms with Gasteiger partial charge in [0.1, 0.15) is 0 Å². The molecule has 3 nitrogen and oxygen atoms in total. The zero-order valence-corrected chi connectivity index (χ0v) is 8.27. The van der Waals surface area contributed by atoms with Gasteiger partial charge in [0.15, 0.2) is 5.78 Å². The van der Waals surface area contributed by atoms with Crippen molar-refractivity contribution in [3.05, 3.63) is 33.2 Å². The van der Waals surface area contributed by atoms with Gasteiger partial charge >= 0.3 is 0 Å². The lowest BCUT2D eigenvalue weighted by Crippen LogP contribution is -1.98. The third kappa shape index (κ3) is 1.99. The van der Waals surface area contributed by atoms with Crippen LogP contribution >= 0.6 is 22.7 Å². The molecule has 2 aromatic rings. The predicted molar refractivity (Wildman–Crippen MR) is 52.3 cm³/mol. The monoisotopic (exact) mass is 210 g/mol. The molecule has 0 bridgehead atoms. The molecule has 0 saturated heterocycles. The number of nitrogens with zero attached hydrogens (tertiary/aromatic N) is 2. The van der Waals surface area contributed by atoms with Gasteiger partial charge in [-0.2, -0.15) is 0 Å². The lowest BCUT2D eigenvalue weighted by molar-refractivity contribution is 0.0997. The van der Waals surface area contributed by atoms with Crippen LogP contribution in [-0.4, -0.2) is 15.8 Å². The van der Waals surface area contributed by atoms with Crippen molar-refractivity contribution in [3.8, 4) is 0 Å². The SMILES string of the molecule is O=C(Cc1cncs1)c1cncs1. The van der Waals surface area contributed by atoms with Gasteiger partial charge in [0.25, 0.3) is 0 Å². The van der Waals surface area contributed by atoms with E-state index < -0.39 is 0 Å². The Balaban J connectivity index is 2.08. The van der Waals surface area contributed by atoms with Crippen LogP contribution in [0.2, 0.25) is 0 Å². The van der Waals surface area contributed by atoms with Crippen LogP contribution in [-0.2, 0) is 6.42 Å². The Labute approximate surface area is 83.1 Å². The van der Waals surface area contributed by atoms with E-state index in [-0.39, 0.29) is 5.78 Å². The highest BCUT2D eigenvalue weighted by Gasteiger charge is 2.08. The van der Waals surface area contributed by atoms with E-state index in [4.69, 9.17) is 0 Å². The second-order valence-corrected chi connectivity index (χ2v) is 4.29. The van der Waals surface area contributed by atoms with Crippen LogP contribution < -0.4 is 0 Å². The van der Waals surface area contributed by atoms with E-state index in [1.54, 1.807) is 23.4 Å². The molecule has 13 heavy (non-hydrogen) atoms. The van der Waals surface area contributed by atoms with Gasteiger partial charge in [-0.3, -0.25) is 14.8 Å². The molecular weight excluding hydrogens is 204 g/mol. The number of Topliss-reactive ketones (excluding diaryl/α,β-unsaturated/α-hetero) is 1.